The SMILES string of the molecule is Cc1ccc(Cl)cc1N1CCN([C@H]2CC(=O)N(c3ccc(Cl)cc3)C2=O)CC1. The van der Waals surface area contributed by atoms with E-state index in [0.29, 0.717) is 10.7 Å². The molecule has 2 saturated heterocycles. The number of anilines is 2. The first-order valence-electron chi connectivity index (χ1n) is 9.31. The van der Waals surface area contributed by atoms with Gasteiger partial charge < -0.3 is 4.90 Å². The monoisotopic (exact) mass is 417 g/mol. The number of amides is 2. The van der Waals surface area contributed by atoms with Gasteiger partial charge in [-0.3, -0.25) is 14.5 Å². The van der Waals surface area contributed by atoms with Gasteiger partial charge in [-0.15, -0.1) is 0 Å². The number of rotatable bonds is 3. The lowest BCUT2D eigenvalue weighted by Crippen LogP contribution is -2.52. The second-order valence-electron chi connectivity index (χ2n) is 7.22. The molecule has 7 heteroatoms. The maximum absolute atomic E-state index is 13.0. The molecule has 2 heterocycles. The molecule has 0 bridgehead atoms. The summed E-state index contributed by atoms with van der Waals surface area (Å²) in [5.74, 6) is -0.315. The molecule has 0 N–H and O–H groups in total. The molecule has 5 nitrogen and oxygen atoms in total. The first-order chi connectivity index (χ1) is 13.4. The second kappa shape index (κ2) is 7.74. The molecule has 0 aromatic heterocycles. The van der Waals surface area contributed by atoms with Crippen molar-refractivity contribution in [2.45, 2.75) is 19.4 Å². The molecule has 2 fully saturated rings. The fourth-order valence-corrected chi connectivity index (χ4v) is 4.25. The highest BCUT2D eigenvalue weighted by Gasteiger charge is 2.43. The number of nitrogens with zero attached hydrogens (tertiary/aromatic N) is 3. The highest BCUT2D eigenvalue weighted by Crippen LogP contribution is 2.29. The topological polar surface area (TPSA) is 43.9 Å². The summed E-state index contributed by atoms with van der Waals surface area (Å²) in [6.45, 7) is 5.11. The van der Waals surface area contributed by atoms with Crippen molar-refractivity contribution in [2.75, 3.05) is 36.0 Å². The predicted molar refractivity (Wildman–Crippen MR) is 112 cm³/mol. The van der Waals surface area contributed by atoms with Crippen molar-refractivity contribution in [3.05, 3.63) is 58.1 Å². The maximum atomic E-state index is 13.0. The number of carbonyl (C=O) groups excluding carboxylic acids is 2. The fraction of sp³-hybridized carbons (Fsp3) is 0.333. The number of carbonyl (C=O) groups is 2. The quantitative estimate of drug-likeness (QED) is 0.713. The Labute approximate surface area is 174 Å². The van der Waals surface area contributed by atoms with Crippen molar-refractivity contribution in [1.82, 2.24) is 4.90 Å². The first-order valence-corrected chi connectivity index (χ1v) is 10.1. The van der Waals surface area contributed by atoms with Gasteiger partial charge in [0.15, 0.2) is 0 Å². The largest absolute Gasteiger partial charge is 0.369 e. The Kier molecular flexibility index (Phi) is 5.32. The molecule has 2 aliphatic rings. The number of benzene rings is 2. The molecule has 2 aromatic rings. The highest BCUT2D eigenvalue weighted by molar-refractivity contribution is 6.31. The molecule has 28 heavy (non-hydrogen) atoms. The van der Waals surface area contributed by atoms with Crippen LogP contribution in [0.2, 0.25) is 10.0 Å². The summed E-state index contributed by atoms with van der Waals surface area (Å²) in [6, 6.07) is 12.3. The Bertz CT molecular complexity index is 908. The second-order valence-corrected chi connectivity index (χ2v) is 8.09. The van der Waals surface area contributed by atoms with Crippen LogP contribution in [0, 0.1) is 6.92 Å². The van der Waals surface area contributed by atoms with E-state index in [4.69, 9.17) is 23.2 Å². The minimum atomic E-state index is -0.397. The van der Waals surface area contributed by atoms with Crippen molar-refractivity contribution in [2.24, 2.45) is 0 Å². The molecule has 0 aliphatic carbocycles. The third-order valence-electron chi connectivity index (χ3n) is 5.47. The van der Waals surface area contributed by atoms with Gasteiger partial charge in [0.05, 0.1) is 18.2 Å². The van der Waals surface area contributed by atoms with E-state index in [1.165, 1.54) is 10.5 Å². The fourth-order valence-electron chi connectivity index (χ4n) is 3.96. The average molecular weight is 418 g/mol. The Hall–Kier alpha value is -2.08. The normalized spacial score (nSPS) is 20.9. The van der Waals surface area contributed by atoms with Gasteiger partial charge in [-0.25, -0.2) is 4.90 Å². The Morgan fingerprint density at radius 1 is 0.893 bits per heavy atom. The van der Waals surface area contributed by atoms with Crippen LogP contribution in [0.4, 0.5) is 11.4 Å². The lowest BCUT2D eigenvalue weighted by molar-refractivity contribution is -0.123. The maximum Gasteiger partial charge on any atom is 0.251 e. The lowest BCUT2D eigenvalue weighted by atomic mass is 10.1. The van der Waals surface area contributed by atoms with Crippen LogP contribution in [0.1, 0.15) is 12.0 Å². The zero-order valence-electron chi connectivity index (χ0n) is 15.6. The Morgan fingerprint density at radius 3 is 2.21 bits per heavy atom. The van der Waals surface area contributed by atoms with E-state index >= 15 is 0 Å². The Morgan fingerprint density at radius 2 is 1.54 bits per heavy atom. The molecule has 2 aliphatic heterocycles. The van der Waals surface area contributed by atoms with Crippen molar-refractivity contribution >= 4 is 46.4 Å². The first kappa shape index (κ1) is 19.2. The van der Waals surface area contributed by atoms with E-state index in [9.17, 15) is 9.59 Å². The van der Waals surface area contributed by atoms with Gasteiger partial charge in [-0.2, -0.15) is 0 Å². The molecule has 0 radical (unpaired) electrons. The highest BCUT2D eigenvalue weighted by atomic mass is 35.5. The number of imide groups is 1. The molecule has 0 saturated carbocycles. The molecule has 2 aromatic carbocycles. The summed E-state index contributed by atoms with van der Waals surface area (Å²) in [4.78, 5) is 31.2. The van der Waals surface area contributed by atoms with Crippen molar-refractivity contribution < 1.29 is 9.59 Å². The third kappa shape index (κ3) is 3.62. The zero-order valence-corrected chi connectivity index (χ0v) is 17.1. The van der Waals surface area contributed by atoms with Crippen LogP contribution in [0.25, 0.3) is 0 Å². The molecule has 2 amide bonds. The summed E-state index contributed by atoms with van der Waals surface area (Å²) in [7, 11) is 0. The molecule has 4 rings (SSSR count). The van der Waals surface area contributed by atoms with E-state index in [1.807, 2.05) is 18.2 Å². The van der Waals surface area contributed by atoms with Gasteiger partial charge >= 0.3 is 0 Å². The summed E-state index contributed by atoms with van der Waals surface area (Å²) < 4.78 is 0. The average Bonchev–Trinajstić information content (AvgIpc) is 2.99. The van der Waals surface area contributed by atoms with Crippen LogP contribution in [-0.2, 0) is 9.59 Å². The molecule has 0 unspecified atom stereocenters. The van der Waals surface area contributed by atoms with Gasteiger partial charge in [0.25, 0.3) is 5.91 Å². The number of hydrogen-bond acceptors (Lipinski definition) is 4. The van der Waals surface area contributed by atoms with Crippen LogP contribution in [0.3, 0.4) is 0 Å². The van der Waals surface area contributed by atoms with Gasteiger partial charge in [0.2, 0.25) is 5.91 Å². The molecule has 146 valence electrons. The van der Waals surface area contributed by atoms with E-state index in [0.717, 1.165) is 36.9 Å². The number of halogens is 2. The van der Waals surface area contributed by atoms with Crippen LogP contribution >= 0.6 is 23.2 Å². The standard InChI is InChI=1S/C21H21Cl2N3O2/c1-14-2-3-16(23)12-18(14)24-8-10-25(11-9-24)19-13-20(27)26(21(19)28)17-6-4-15(22)5-7-17/h2-7,12,19H,8-11,13H2,1H3/t19-/m0/s1. The Balaban J connectivity index is 1.45. The van der Waals surface area contributed by atoms with Gasteiger partial charge in [-0.1, -0.05) is 29.3 Å². The number of hydrogen-bond donors (Lipinski definition) is 0. The van der Waals surface area contributed by atoms with E-state index in [2.05, 4.69) is 16.7 Å². The van der Waals surface area contributed by atoms with Gasteiger partial charge in [0, 0.05) is 41.9 Å². The van der Waals surface area contributed by atoms with Crippen molar-refractivity contribution in [3.8, 4) is 0 Å². The zero-order chi connectivity index (χ0) is 19.8. The smallest absolute Gasteiger partial charge is 0.251 e. The number of aryl methyl sites for hydroxylation is 1. The summed E-state index contributed by atoms with van der Waals surface area (Å²) in [5.41, 5.74) is 2.89. The van der Waals surface area contributed by atoms with Crippen LogP contribution in [0.15, 0.2) is 42.5 Å². The third-order valence-corrected chi connectivity index (χ3v) is 5.96. The number of piperazine rings is 1. The van der Waals surface area contributed by atoms with Gasteiger partial charge in [0.1, 0.15) is 0 Å². The molecular weight excluding hydrogens is 397 g/mol. The predicted octanol–water partition coefficient (Wildman–Crippen LogP) is 3.76. The molecule has 1 atom stereocenters. The van der Waals surface area contributed by atoms with Crippen LogP contribution in [-0.4, -0.2) is 48.9 Å². The van der Waals surface area contributed by atoms with Crippen molar-refractivity contribution in [1.29, 1.82) is 0 Å². The van der Waals surface area contributed by atoms with Crippen LogP contribution < -0.4 is 9.80 Å². The summed E-state index contributed by atoms with van der Waals surface area (Å²) in [5, 5.41) is 1.30. The van der Waals surface area contributed by atoms with Gasteiger partial charge in [-0.05, 0) is 48.9 Å². The molecule has 0 spiro atoms. The lowest BCUT2D eigenvalue weighted by Gasteiger charge is -2.38. The van der Waals surface area contributed by atoms with E-state index < -0.39 is 6.04 Å². The van der Waals surface area contributed by atoms with E-state index in [1.54, 1.807) is 24.3 Å². The summed E-state index contributed by atoms with van der Waals surface area (Å²) >= 11 is 12.1. The minimum Gasteiger partial charge on any atom is -0.369 e. The minimum absolute atomic E-state index is 0.153. The van der Waals surface area contributed by atoms with Crippen molar-refractivity contribution in [3.63, 3.8) is 0 Å². The van der Waals surface area contributed by atoms with Crippen LogP contribution in [0.5, 0.6) is 0 Å². The molecular formula is C21H21Cl2N3O2. The summed E-state index contributed by atoms with van der Waals surface area (Å²) in [6.07, 6.45) is 0.220. The van der Waals surface area contributed by atoms with E-state index in [-0.39, 0.29) is 18.2 Å².